The summed E-state index contributed by atoms with van der Waals surface area (Å²) in [5, 5.41) is 12.6. The number of oxazole rings is 1. The van der Waals surface area contributed by atoms with E-state index in [1.165, 1.54) is 22.3 Å². The molecular formula is C118H128N22O10. The molecule has 0 aliphatic carbocycles. The highest BCUT2D eigenvalue weighted by Crippen LogP contribution is 2.48. The SMILES string of the molecule is CC(C)Oc1ccc(C2=NCc3ccc(N4CC[C@]5(CCN(CC(=O)N6CC=C(c7ccc(-c8cn(C)nn8)cc7)CC6)C5)C4=O)cc32)cn1.CC(C)Oc1ccc(C2=NCc3ccc(N4CC[C@]5(CCN(CC(=O)N6CCC(c7ccc(-c8ncn(C)n8)cc7)CC6)C5)C4=O)cc32)cn1.Cc1cnc(-c2ccc(C3=CCN(C(=O)CN4CC[C@]5(CCN(c6ccc7c(c6)C(c6ccc(OC(C)C)nc6)=NC7)C5=O)C4)CC3)cc2)o1. The van der Waals surface area contributed by atoms with Crippen LogP contribution in [0.3, 0.4) is 0 Å². The molecule has 770 valence electrons. The topological polar surface area (TPSA) is 322 Å². The monoisotopic (exact) mass is 2010 g/mol. The molecule has 32 nitrogen and oxygen atoms in total. The smallest absolute Gasteiger partial charge is 0.237 e. The number of anilines is 3. The van der Waals surface area contributed by atoms with E-state index in [2.05, 4.69) is 170 Å². The Morgan fingerprint density at radius 1 is 0.407 bits per heavy atom. The van der Waals surface area contributed by atoms with Crippen LogP contribution in [0.2, 0.25) is 0 Å². The molecule has 3 atom stereocenters. The van der Waals surface area contributed by atoms with Crippen molar-refractivity contribution in [3.05, 3.63) is 286 Å². The third-order valence-electron chi connectivity index (χ3n) is 31.7. The second kappa shape index (κ2) is 42.1. The molecule has 7 saturated heterocycles. The molecule has 7 fully saturated rings. The Morgan fingerprint density at radius 2 is 0.793 bits per heavy atom. The number of carbonyl (C=O) groups excluding carboxylic acids is 6. The van der Waals surface area contributed by atoms with Crippen molar-refractivity contribution in [3.63, 3.8) is 0 Å². The van der Waals surface area contributed by atoms with Crippen LogP contribution >= 0.6 is 0 Å². The molecule has 12 aromatic rings. The molecule has 24 rings (SSSR count). The summed E-state index contributed by atoms with van der Waals surface area (Å²) >= 11 is 0. The molecular weight excluding hydrogens is 1890 g/mol. The first-order valence-electron chi connectivity index (χ1n) is 53.0. The number of rotatable bonds is 24. The molecule has 0 unspecified atom stereocenters. The largest absolute Gasteiger partial charge is 0.475 e. The second-order valence-corrected chi connectivity index (χ2v) is 42.9. The molecule has 32 heteroatoms. The first kappa shape index (κ1) is 99.5. The Labute approximate surface area is 874 Å². The van der Waals surface area contributed by atoms with Crippen LogP contribution in [0.5, 0.6) is 17.6 Å². The Hall–Kier alpha value is -15.2. The van der Waals surface area contributed by atoms with Gasteiger partial charge in [0, 0.05) is 197 Å². The van der Waals surface area contributed by atoms with Gasteiger partial charge in [0.2, 0.25) is 59.0 Å². The maximum absolute atomic E-state index is 14.1. The van der Waals surface area contributed by atoms with Gasteiger partial charge in [-0.25, -0.2) is 24.9 Å². The molecule has 0 saturated carbocycles. The number of fused-ring (bicyclic) bond motifs is 3. The lowest BCUT2D eigenvalue weighted by molar-refractivity contribution is -0.134. The average Bonchev–Trinajstić information content (AvgIpc) is 1.60. The van der Waals surface area contributed by atoms with Crippen molar-refractivity contribution in [2.75, 3.05) is 133 Å². The first-order chi connectivity index (χ1) is 72.7. The molecule has 6 aromatic carbocycles. The number of hydrogen-bond acceptors (Lipinski definition) is 24. The van der Waals surface area contributed by atoms with Crippen LogP contribution in [0.4, 0.5) is 17.1 Å². The summed E-state index contributed by atoms with van der Waals surface area (Å²) in [6.45, 7) is 26.9. The van der Waals surface area contributed by atoms with Gasteiger partial charge in [0.25, 0.3) is 0 Å². The number of aliphatic imine (C=N–C) groups is 3. The fraction of sp³-hybridized carbons (Fsp3) is 0.398. The molecule has 0 bridgehead atoms. The Bertz CT molecular complexity index is 6990. The summed E-state index contributed by atoms with van der Waals surface area (Å²) in [5.41, 5.74) is 23.5. The molecule has 12 aliphatic rings. The van der Waals surface area contributed by atoms with E-state index in [1.54, 1.807) is 21.9 Å². The van der Waals surface area contributed by atoms with Crippen LogP contribution < -0.4 is 28.9 Å². The maximum Gasteiger partial charge on any atom is 0.237 e. The lowest BCUT2D eigenvalue weighted by Gasteiger charge is -2.33. The third-order valence-corrected chi connectivity index (χ3v) is 31.7. The number of nitrogens with zero attached hydrogens (tertiary/aromatic N) is 22. The van der Waals surface area contributed by atoms with E-state index in [0.717, 1.165) is 221 Å². The number of pyridine rings is 3. The Balaban J connectivity index is 0.000000127. The zero-order chi connectivity index (χ0) is 103. The standard InChI is InChI=1S/C40H42N6O4.C39H42N8O3.C39H44N8O3/c1-26(2)49-35-11-9-32(23-41-35)37-34-20-33(10-8-31(34)22-42-37)46-19-15-40(39(46)48)14-18-44(25-40)24-36(47)45-16-12-29(13-17-45)28-4-6-30(7-5-28)38-43-21-27(3)50-38;1-26(2)50-35-11-9-31(22-40-35)37-33-20-32(10-8-30(33)21-41-37)47-19-15-39(38(47)49)14-18-45(25-39)24-36(48)46-16-12-28(13-17-46)27-4-6-29(7-5-27)34-23-44(3)43-42-34;1-26(2)50-34-11-9-31(22-40-34)36-33-20-32(10-8-30(33)21-41-36)47-19-15-39(38(47)49)14-18-45(24-39)23-35(48)46-16-12-28(13-17-46)27-4-6-29(7-5-27)37-42-25-44(3)43-37/h4-12,20-21,23,26H,13-19,22,24-25H2,1-3H3;4-12,20,22-23,26H,13-19,21,24-25H2,1-3H3;4-11,20,22,25-26,28H,12-19,21,23-24H2,1-3H3/t40-;2*39-/m000/s1. The number of likely N-dealkylation sites (tertiary alicyclic amines) is 4. The van der Waals surface area contributed by atoms with Crippen LogP contribution in [0.25, 0.3) is 45.2 Å². The van der Waals surface area contributed by atoms with Crippen molar-refractivity contribution in [2.45, 2.75) is 157 Å². The van der Waals surface area contributed by atoms with Gasteiger partial charge in [0.1, 0.15) is 17.8 Å². The highest BCUT2D eigenvalue weighted by atomic mass is 16.5. The number of amides is 6. The zero-order valence-corrected chi connectivity index (χ0v) is 86.9. The Morgan fingerprint density at radius 3 is 1.15 bits per heavy atom. The predicted molar refractivity (Wildman–Crippen MR) is 575 cm³/mol. The third kappa shape index (κ3) is 20.8. The summed E-state index contributed by atoms with van der Waals surface area (Å²) < 4.78 is 26.2. The highest BCUT2D eigenvalue weighted by molar-refractivity contribution is 6.18. The van der Waals surface area contributed by atoms with Gasteiger partial charge in [-0.15, -0.1) is 5.10 Å². The van der Waals surface area contributed by atoms with Gasteiger partial charge < -0.3 is 48.0 Å². The minimum Gasteiger partial charge on any atom is -0.475 e. The van der Waals surface area contributed by atoms with E-state index in [9.17, 15) is 28.8 Å². The van der Waals surface area contributed by atoms with Crippen molar-refractivity contribution >= 4 is 80.8 Å². The molecule has 12 aliphatic heterocycles. The van der Waals surface area contributed by atoms with Crippen molar-refractivity contribution in [3.8, 4) is 51.7 Å². The molecule has 0 N–H and O–H groups in total. The van der Waals surface area contributed by atoms with Gasteiger partial charge in [-0.3, -0.25) is 67.8 Å². The van der Waals surface area contributed by atoms with E-state index in [4.69, 9.17) is 33.6 Å². The van der Waals surface area contributed by atoms with Crippen molar-refractivity contribution in [1.82, 2.24) is 79.1 Å². The quantitative estimate of drug-likeness (QED) is 0.0542. The van der Waals surface area contributed by atoms with E-state index < -0.39 is 16.2 Å². The lowest BCUT2D eigenvalue weighted by Crippen LogP contribution is -2.44. The first-order valence-corrected chi connectivity index (χ1v) is 53.0. The number of aromatic nitrogens is 10. The minimum atomic E-state index is -0.447. The fourth-order valence-corrected chi connectivity index (χ4v) is 23.5. The summed E-state index contributed by atoms with van der Waals surface area (Å²) in [5.74, 6) is 5.28. The van der Waals surface area contributed by atoms with Gasteiger partial charge in [0.05, 0.1) is 103 Å². The van der Waals surface area contributed by atoms with Gasteiger partial charge in [0.15, 0.2) is 5.82 Å². The van der Waals surface area contributed by atoms with Gasteiger partial charge >= 0.3 is 0 Å². The number of hydrogen-bond donors (Lipinski definition) is 0. The minimum absolute atomic E-state index is 0.0575. The van der Waals surface area contributed by atoms with E-state index in [0.29, 0.717) is 134 Å². The summed E-state index contributed by atoms with van der Waals surface area (Å²) in [7, 11) is 3.73. The van der Waals surface area contributed by atoms with Crippen LogP contribution in [0.15, 0.2) is 233 Å². The van der Waals surface area contributed by atoms with Gasteiger partial charge in [-0.05, 0) is 249 Å². The molecule has 6 amide bonds. The number of carbonyl (C=O) groups is 6. The summed E-state index contributed by atoms with van der Waals surface area (Å²) in [4.78, 5) is 137. The molecule has 3 spiro atoms. The van der Waals surface area contributed by atoms with E-state index in [-0.39, 0.29) is 53.8 Å². The molecule has 0 radical (unpaired) electrons. The second-order valence-electron chi connectivity index (χ2n) is 42.9. The number of aryl methyl sites for hydroxylation is 3. The van der Waals surface area contributed by atoms with Gasteiger partial charge in [-0.2, -0.15) is 5.10 Å². The van der Waals surface area contributed by atoms with Crippen LogP contribution in [0.1, 0.15) is 184 Å². The highest BCUT2D eigenvalue weighted by Gasteiger charge is 2.55. The maximum atomic E-state index is 14.1. The molecule has 150 heavy (non-hydrogen) atoms. The normalized spacial score (nSPS) is 20.7. The van der Waals surface area contributed by atoms with Crippen LogP contribution in [-0.4, -0.2) is 268 Å². The summed E-state index contributed by atoms with van der Waals surface area (Å²) in [6.07, 6.45) is 23.5. The van der Waals surface area contributed by atoms with Crippen molar-refractivity contribution < 1.29 is 47.4 Å². The average molecular weight is 2010 g/mol. The van der Waals surface area contributed by atoms with Crippen molar-refractivity contribution in [1.29, 1.82) is 0 Å². The lowest BCUT2D eigenvalue weighted by atomic mass is 9.85. The molecule has 18 heterocycles. The number of ether oxygens (including phenoxy) is 3. The number of piperidine rings is 1. The summed E-state index contributed by atoms with van der Waals surface area (Å²) in [6, 6.07) is 55.6. The molecule has 6 aromatic heterocycles. The van der Waals surface area contributed by atoms with E-state index >= 15 is 0 Å². The predicted octanol–water partition coefficient (Wildman–Crippen LogP) is 15.5. The van der Waals surface area contributed by atoms with Crippen LogP contribution in [-0.2, 0) is 62.5 Å². The zero-order valence-electron chi connectivity index (χ0n) is 86.9. The van der Waals surface area contributed by atoms with Crippen LogP contribution in [0, 0.1) is 23.2 Å². The van der Waals surface area contributed by atoms with Gasteiger partial charge in [-0.1, -0.05) is 96.2 Å². The Kier molecular flexibility index (Phi) is 27.9. The van der Waals surface area contributed by atoms with E-state index in [1.807, 2.05) is 177 Å². The van der Waals surface area contributed by atoms with Crippen molar-refractivity contribution in [2.24, 2.45) is 45.3 Å². The fourth-order valence-electron chi connectivity index (χ4n) is 23.5. The number of benzene rings is 6.